The summed E-state index contributed by atoms with van der Waals surface area (Å²) >= 11 is 0. The van der Waals surface area contributed by atoms with E-state index in [4.69, 9.17) is 9.72 Å². The number of benzene rings is 2. The molecule has 1 aliphatic heterocycles. The summed E-state index contributed by atoms with van der Waals surface area (Å²) in [7, 11) is 1.34. The van der Waals surface area contributed by atoms with Crippen LogP contribution in [0.2, 0.25) is 0 Å². The summed E-state index contributed by atoms with van der Waals surface area (Å²) in [6.07, 6.45) is 5.71. The van der Waals surface area contributed by atoms with Crippen LogP contribution in [-0.2, 0) is 4.74 Å². The number of esters is 1. The molecule has 3 heterocycles. The molecule has 1 saturated carbocycles. The Morgan fingerprint density at radius 1 is 1.08 bits per heavy atom. The lowest BCUT2D eigenvalue weighted by atomic mass is 9.95. The fourth-order valence-corrected chi connectivity index (χ4v) is 5.58. The van der Waals surface area contributed by atoms with Gasteiger partial charge in [0, 0.05) is 30.2 Å². The Kier molecular flexibility index (Phi) is 6.16. The van der Waals surface area contributed by atoms with Crippen LogP contribution in [0.4, 0.5) is 11.5 Å². The van der Waals surface area contributed by atoms with Crippen molar-refractivity contribution in [2.24, 2.45) is 0 Å². The van der Waals surface area contributed by atoms with Crippen molar-refractivity contribution in [2.45, 2.75) is 31.4 Å². The molecule has 0 radical (unpaired) electrons. The zero-order valence-electron chi connectivity index (χ0n) is 22.0. The molecule has 39 heavy (non-hydrogen) atoms. The van der Waals surface area contributed by atoms with E-state index in [0.717, 1.165) is 40.6 Å². The van der Waals surface area contributed by atoms with Gasteiger partial charge < -0.3 is 19.6 Å². The summed E-state index contributed by atoms with van der Waals surface area (Å²) in [5.41, 5.74) is 5.21. The molecule has 1 saturated heterocycles. The molecule has 2 fully saturated rings. The molecule has 2 aromatic heterocycles. The van der Waals surface area contributed by atoms with Gasteiger partial charge in [-0.25, -0.2) is 9.78 Å². The van der Waals surface area contributed by atoms with Gasteiger partial charge in [0.05, 0.1) is 48.3 Å². The van der Waals surface area contributed by atoms with E-state index in [1.165, 1.54) is 18.9 Å². The summed E-state index contributed by atoms with van der Waals surface area (Å²) in [6.45, 7) is 3.43. The number of nitrogens with zero attached hydrogens (tertiary/aromatic N) is 5. The highest BCUT2D eigenvalue weighted by Gasteiger charge is 2.39. The number of β-amino-alcohol motifs (C(OH)–C–C–N with tert-alkyl or cyclic N) is 1. The Hall–Kier alpha value is -4.48. The van der Waals surface area contributed by atoms with Gasteiger partial charge >= 0.3 is 5.97 Å². The number of pyridine rings is 2. The number of carbonyl (C=O) groups is 1. The van der Waals surface area contributed by atoms with E-state index in [1.54, 1.807) is 19.1 Å². The van der Waals surface area contributed by atoms with Gasteiger partial charge in [0.15, 0.2) is 5.72 Å². The Morgan fingerprint density at radius 3 is 2.51 bits per heavy atom. The van der Waals surface area contributed by atoms with Gasteiger partial charge in [0.25, 0.3) is 0 Å². The standard InChI is InChI=1S/C31H29N5O3/c1-31(38)19-35(14-15-36(31)27-13-12-23(17-33-27)30(37)39-2)26-18-34-29-24(21-8-6-20(16-32)7-9-21)4-3-5-25(29)28(26)22-10-11-22/h3-9,12-13,17-18,22,38H,10-11,14-15,19H2,1-2H3. The van der Waals surface area contributed by atoms with Gasteiger partial charge in [-0.3, -0.25) is 4.98 Å². The Morgan fingerprint density at radius 2 is 1.87 bits per heavy atom. The molecule has 1 aliphatic carbocycles. The summed E-state index contributed by atoms with van der Waals surface area (Å²) in [5.74, 6) is 0.639. The number of ether oxygens (including phenoxy) is 1. The number of nitriles is 1. The Labute approximate surface area is 227 Å². The monoisotopic (exact) mass is 519 g/mol. The van der Waals surface area contributed by atoms with Gasteiger partial charge in [0.1, 0.15) is 5.82 Å². The molecule has 8 heteroatoms. The van der Waals surface area contributed by atoms with E-state index in [2.05, 4.69) is 34.2 Å². The van der Waals surface area contributed by atoms with Crippen molar-refractivity contribution in [1.82, 2.24) is 9.97 Å². The first-order valence-electron chi connectivity index (χ1n) is 13.1. The number of aliphatic hydroxyl groups is 1. The van der Waals surface area contributed by atoms with E-state index < -0.39 is 11.7 Å². The highest BCUT2D eigenvalue weighted by molar-refractivity contribution is 5.98. The Balaban J connectivity index is 1.33. The van der Waals surface area contributed by atoms with Gasteiger partial charge in [-0.15, -0.1) is 0 Å². The zero-order valence-corrected chi connectivity index (χ0v) is 22.0. The number of fused-ring (bicyclic) bond motifs is 1. The minimum atomic E-state index is -1.18. The smallest absolute Gasteiger partial charge is 0.339 e. The van der Waals surface area contributed by atoms with Gasteiger partial charge in [-0.05, 0) is 61.1 Å². The first-order valence-corrected chi connectivity index (χ1v) is 13.1. The highest BCUT2D eigenvalue weighted by atomic mass is 16.5. The lowest BCUT2D eigenvalue weighted by Crippen LogP contribution is -2.61. The maximum atomic E-state index is 11.8. The molecule has 2 aromatic carbocycles. The van der Waals surface area contributed by atoms with Crippen LogP contribution in [0.5, 0.6) is 0 Å². The van der Waals surface area contributed by atoms with Crippen molar-refractivity contribution in [2.75, 3.05) is 36.5 Å². The van der Waals surface area contributed by atoms with E-state index in [9.17, 15) is 15.2 Å². The molecule has 0 amide bonds. The molecule has 4 aromatic rings. The minimum absolute atomic E-state index is 0.371. The third-order valence-electron chi connectivity index (χ3n) is 7.68. The second-order valence-corrected chi connectivity index (χ2v) is 10.4. The van der Waals surface area contributed by atoms with Crippen molar-refractivity contribution in [3.8, 4) is 17.2 Å². The normalized spacial score (nSPS) is 19.1. The van der Waals surface area contributed by atoms with Crippen LogP contribution >= 0.6 is 0 Å². The second-order valence-electron chi connectivity index (χ2n) is 10.4. The van der Waals surface area contributed by atoms with Gasteiger partial charge in [0.2, 0.25) is 0 Å². The van der Waals surface area contributed by atoms with Crippen molar-refractivity contribution in [1.29, 1.82) is 5.26 Å². The molecule has 1 unspecified atom stereocenters. The van der Waals surface area contributed by atoms with Crippen LogP contribution in [0.1, 0.15) is 47.2 Å². The number of hydrogen-bond donors (Lipinski definition) is 1. The van der Waals surface area contributed by atoms with Gasteiger partial charge in [-0.2, -0.15) is 5.26 Å². The number of hydrogen-bond acceptors (Lipinski definition) is 8. The first-order chi connectivity index (χ1) is 18.9. The van der Waals surface area contributed by atoms with E-state index in [0.29, 0.717) is 42.5 Å². The number of methoxy groups -OCH3 is 1. The fourth-order valence-electron chi connectivity index (χ4n) is 5.58. The highest BCUT2D eigenvalue weighted by Crippen LogP contribution is 2.48. The number of carbonyl (C=O) groups excluding carboxylic acids is 1. The molecule has 0 spiro atoms. The molecule has 1 atom stereocenters. The van der Waals surface area contributed by atoms with Crippen LogP contribution in [0.25, 0.3) is 22.0 Å². The third-order valence-corrected chi connectivity index (χ3v) is 7.68. The molecule has 0 bridgehead atoms. The van der Waals surface area contributed by atoms with Crippen LogP contribution in [0.3, 0.4) is 0 Å². The average molecular weight is 520 g/mol. The summed E-state index contributed by atoms with van der Waals surface area (Å²) in [4.78, 5) is 25.3. The first kappa shape index (κ1) is 24.8. The largest absolute Gasteiger partial charge is 0.465 e. The van der Waals surface area contributed by atoms with Gasteiger partial charge in [-0.1, -0.05) is 30.3 Å². The van der Waals surface area contributed by atoms with E-state index >= 15 is 0 Å². The SMILES string of the molecule is COC(=O)c1ccc(N2CCN(c3cnc4c(-c5ccc(C#N)cc5)cccc4c3C3CC3)CC2(C)O)nc1. The zero-order chi connectivity index (χ0) is 27.1. The summed E-state index contributed by atoms with van der Waals surface area (Å²) in [5, 5.41) is 21.9. The van der Waals surface area contributed by atoms with Crippen molar-refractivity contribution in [3.63, 3.8) is 0 Å². The van der Waals surface area contributed by atoms with Crippen molar-refractivity contribution >= 4 is 28.4 Å². The number of aromatic nitrogens is 2. The molecule has 2 aliphatic rings. The lowest BCUT2D eigenvalue weighted by molar-refractivity contribution is 0.0524. The minimum Gasteiger partial charge on any atom is -0.465 e. The molecule has 1 N–H and O–H groups in total. The van der Waals surface area contributed by atoms with Crippen molar-refractivity contribution < 1.29 is 14.6 Å². The maximum Gasteiger partial charge on any atom is 0.339 e. The second kappa shape index (κ2) is 9.68. The number of piperazine rings is 1. The van der Waals surface area contributed by atoms with Crippen LogP contribution in [-0.4, -0.2) is 53.5 Å². The fraction of sp³-hybridized carbons (Fsp3) is 0.290. The van der Waals surface area contributed by atoms with E-state index in [-0.39, 0.29) is 0 Å². The topological polar surface area (TPSA) is 103 Å². The molecular weight excluding hydrogens is 490 g/mol. The lowest BCUT2D eigenvalue weighted by Gasteiger charge is -2.47. The predicted octanol–water partition coefficient (Wildman–Crippen LogP) is 4.87. The molecule has 196 valence electrons. The van der Waals surface area contributed by atoms with E-state index in [1.807, 2.05) is 35.4 Å². The quantitative estimate of drug-likeness (QED) is 0.373. The number of anilines is 2. The maximum absolute atomic E-state index is 11.8. The molecule has 8 nitrogen and oxygen atoms in total. The van der Waals surface area contributed by atoms with Crippen LogP contribution < -0.4 is 9.80 Å². The summed E-state index contributed by atoms with van der Waals surface area (Å²) in [6, 6.07) is 19.5. The third kappa shape index (κ3) is 4.55. The molecular formula is C31H29N5O3. The predicted molar refractivity (Wildman–Crippen MR) is 150 cm³/mol. The van der Waals surface area contributed by atoms with Crippen molar-refractivity contribution in [3.05, 3.63) is 83.7 Å². The average Bonchev–Trinajstić information content (AvgIpc) is 3.81. The van der Waals surface area contributed by atoms with Crippen LogP contribution in [0.15, 0.2) is 67.0 Å². The van der Waals surface area contributed by atoms with Crippen LogP contribution in [0, 0.1) is 11.3 Å². The Bertz CT molecular complexity index is 1590. The molecule has 6 rings (SSSR count). The number of para-hydroxylation sites is 1. The summed E-state index contributed by atoms with van der Waals surface area (Å²) < 4.78 is 4.77. The number of rotatable bonds is 5.